The quantitative estimate of drug-likeness (QED) is 0.290. The van der Waals surface area contributed by atoms with E-state index in [1.165, 1.54) is 0 Å². The zero-order chi connectivity index (χ0) is 8.08. The first kappa shape index (κ1) is 11.0. The molecule has 0 rings (SSSR count). The van der Waals surface area contributed by atoms with Gasteiger partial charge in [-0.05, 0) is 0 Å². The lowest BCUT2D eigenvalue weighted by Gasteiger charge is -2.14. The number of hydrogen-bond donors (Lipinski definition) is 1. The van der Waals surface area contributed by atoms with Crippen LogP contribution in [0.4, 0.5) is 0 Å². The molecule has 56 valence electrons. The maximum atomic E-state index is 8.36. The molecule has 0 atom stereocenters. The second kappa shape index (κ2) is 4.08. The standard InChI is InChI=1S/C4H12N.HNO3/c1-5(2,3)4;2-1(3)4/h1-4H3;(H,2,3,4)/q+1;. The second-order valence-corrected chi connectivity index (χ2v) is 2.92. The average Bonchev–Trinajstić information content (AvgIpc) is 1.19. The molecule has 0 bridgehead atoms. The fraction of sp³-hybridized carbons (Fsp3) is 1.00. The molecule has 0 heterocycles. The van der Waals surface area contributed by atoms with E-state index >= 15 is 0 Å². The Balaban J connectivity index is 0. The molecular weight excluding hydrogens is 124 g/mol. The van der Waals surface area contributed by atoms with Crippen LogP contribution in [-0.4, -0.2) is 43.0 Å². The van der Waals surface area contributed by atoms with Crippen LogP contribution in [0.2, 0.25) is 0 Å². The van der Waals surface area contributed by atoms with Gasteiger partial charge in [-0.2, -0.15) is 0 Å². The van der Waals surface area contributed by atoms with E-state index in [1.807, 2.05) is 0 Å². The van der Waals surface area contributed by atoms with Gasteiger partial charge in [0, 0.05) is 0 Å². The lowest BCUT2D eigenvalue weighted by atomic mass is 10.8. The average molecular weight is 137 g/mol. The Hall–Kier alpha value is -0.840. The fourth-order valence-corrected chi connectivity index (χ4v) is 0. The summed E-state index contributed by atoms with van der Waals surface area (Å²) in [5.74, 6) is 0. The minimum absolute atomic E-state index is 1.00. The second-order valence-electron chi connectivity index (χ2n) is 2.92. The summed E-state index contributed by atoms with van der Waals surface area (Å²) in [4.78, 5) is 8.36. The third-order valence-corrected chi connectivity index (χ3v) is 0. The molecule has 0 fully saturated rings. The molecule has 0 aliphatic rings. The van der Waals surface area contributed by atoms with Crippen LogP contribution in [0.5, 0.6) is 0 Å². The monoisotopic (exact) mass is 137 g/mol. The van der Waals surface area contributed by atoms with Crippen molar-refractivity contribution >= 4 is 0 Å². The molecule has 0 saturated carbocycles. The van der Waals surface area contributed by atoms with Crippen molar-refractivity contribution < 1.29 is 14.8 Å². The molecule has 0 aromatic carbocycles. The summed E-state index contributed by atoms with van der Waals surface area (Å²) in [7, 11) is 8.50. The van der Waals surface area contributed by atoms with Gasteiger partial charge in [-0.3, -0.25) is 0 Å². The Morgan fingerprint density at radius 2 is 1.33 bits per heavy atom. The van der Waals surface area contributed by atoms with Crippen LogP contribution in [0.1, 0.15) is 0 Å². The number of hydrogen-bond acceptors (Lipinski definition) is 2. The Kier molecular flexibility index (Phi) is 5.00. The van der Waals surface area contributed by atoms with Gasteiger partial charge in [0.25, 0.3) is 5.09 Å². The Labute approximate surface area is 54.2 Å². The Bertz CT molecular complexity index is 76.3. The van der Waals surface area contributed by atoms with Crippen molar-refractivity contribution in [3.05, 3.63) is 10.1 Å². The molecule has 5 nitrogen and oxygen atoms in total. The highest BCUT2D eigenvalue weighted by Gasteiger charge is 1.88. The molecule has 1 N–H and O–H groups in total. The largest absolute Gasteiger partial charge is 0.333 e. The Morgan fingerprint density at radius 3 is 1.33 bits per heavy atom. The zero-order valence-corrected chi connectivity index (χ0v) is 6.16. The highest BCUT2D eigenvalue weighted by atomic mass is 16.9. The summed E-state index contributed by atoms with van der Waals surface area (Å²) in [5.41, 5.74) is 0. The summed E-state index contributed by atoms with van der Waals surface area (Å²) in [6.07, 6.45) is 0. The zero-order valence-electron chi connectivity index (χ0n) is 6.16. The topological polar surface area (TPSA) is 63.4 Å². The minimum Gasteiger partial charge on any atom is -0.333 e. The van der Waals surface area contributed by atoms with Crippen molar-refractivity contribution in [2.24, 2.45) is 0 Å². The van der Waals surface area contributed by atoms with Gasteiger partial charge < -0.3 is 9.69 Å². The van der Waals surface area contributed by atoms with E-state index in [-0.39, 0.29) is 0 Å². The van der Waals surface area contributed by atoms with Gasteiger partial charge in [0.2, 0.25) is 0 Å². The smallest absolute Gasteiger partial charge is 0.291 e. The van der Waals surface area contributed by atoms with Crippen molar-refractivity contribution in [3.8, 4) is 0 Å². The van der Waals surface area contributed by atoms with Crippen LogP contribution in [0, 0.1) is 10.1 Å². The highest BCUT2D eigenvalue weighted by Crippen LogP contribution is 1.73. The molecule has 0 aliphatic heterocycles. The molecular formula is C4H13N2O3+. The minimum atomic E-state index is -1.50. The lowest BCUT2D eigenvalue weighted by molar-refractivity contribution is -0.849. The van der Waals surface area contributed by atoms with E-state index in [0.717, 1.165) is 4.48 Å². The number of rotatable bonds is 0. The van der Waals surface area contributed by atoms with Crippen molar-refractivity contribution in [1.29, 1.82) is 0 Å². The van der Waals surface area contributed by atoms with Gasteiger partial charge in [0.1, 0.15) is 0 Å². The van der Waals surface area contributed by atoms with E-state index in [9.17, 15) is 0 Å². The molecule has 0 amide bonds. The molecule has 0 aliphatic carbocycles. The van der Waals surface area contributed by atoms with Crippen LogP contribution in [0.3, 0.4) is 0 Å². The first-order valence-corrected chi connectivity index (χ1v) is 2.35. The molecule has 0 spiro atoms. The van der Waals surface area contributed by atoms with E-state index in [4.69, 9.17) is 15.3 Å². The molecule has 0 saturated heterocycles. The summed E-state index contributed by atoms with van der Waals surface area (Å²) in [6, 6.07) is 0. The number of nitrogens with zero attached hydrogens (tertiary/aromatic N) is 2. The molecule has 0 aromatic rings. The molecule has 9 heavy (non-hydrogen) atoms. The van der Waals surface area contributed by atoms with Gasteiger partial charge in [-0.15, -0.1) is 10.1 Å². The van der Waals surface area contributed by atoms with E-state index < -0.39 is 5.09 Å². The maximum Gasteiger partial charge on any atom is 0.291 e. The van der Waals surface area contributed by atoms with Crippen LogP contribution in [0.15, 0.2) is 0 Å². The first-order chi connectivity index (χ1) is 3.73. The van der Waals surface area contributed by atoms with Crippen LogP contribution in [0.25, 0.3) is 0 Å². The van der Waals surface area contributed by atoms with Crippen molar-refractivity contribution in [2.45, 2.75) is 0 Å². The third kappa shape index (κ3) is 270. The Morgan fingerprint density at radius 1 is 1.33 bits per heavy atom. The molecule has 5 heteroatoms. The summed E-state index contributed by atoms with van der Waals surface area (Å²) in [5, 5.41) is 13.6. The third-order valence-electron chi connectivity index (χ3n) is 0. The highest BCUT2D eigenvalue weighted by molar-refractivity contribution is 3.87. The van der Waals surface area contributed by atoms with Crippen LogP contribution in [-0.2, 0) is 0 Å². The van der Waals surface area contributed by atoms with Crippen molar-refractivity contribution in [1.82, 2.24) is 0 Å². The summed E-state index contributed by atoms with van der Waals surface area (Å²) < 4.78 is 1.00. The normalized spacial score (nSPS) is 9.33. The summed E-state index contributed by atoms with van der Waals surface area (Å²) in [6.45, 7) is 0. The van der Waals surface area contributed by atoms with Crippen LogP contribution < -0.4 is 0 Å². The lowest BCUT2D eigenvalue weighted by Crippen LogP contribution is -2.27. The summed E-state index contributed by atoms with van der Waals surface area (Å²) >= 11 is 0. The fourth-order valence-electron chi connectivity index (χ4n) is 0. The van der Waals surface area contributed by atoms with E-state index in [0.29, 0.717) is 0 Å². The van der Waals surface area contributed by atoms with Gasteiger partial charge in [0.05, 0.1) is 28.2 Å². The van der Waals surface area contributed by atoms with Crippen molar-refractivity contribution in [2.75, 3.05) is 28.2 Å². The van der Waals surface area contributed by atoms with E-state index in [1.54, 1.807) is 0 Å². The maximum absolute atomic E-state index is 8.36. The molecule has 0 aromatic heterocycles. The molecule has 0 unspecified atom stereocenters. The SMILES string of the molecule is C[N+](C)(C)C.O=[N+]([O-])O. The van der Waals surface area contributed by atoms with Crippen LogP contribution >= 0.6 is 0 Å². The predicted octanol–water partition coefficient (Wildman–Crippen LogP) is -0.0253. The predicted molar refractivity (Wildman–Crippen MR) is 32.7 cm³/mol. The van der Waals surface area contributed by atoms with Gasteiger partial charge >= 0.3 is 0 Å². The van der Waals surface area contributed by atoms with Gasteiger partial charge in [-0.1, -0.05) is 0 Å². The number of quaternary nitrogens is 1. The van der Waals surface area contributed by atoms with Gasteiger partial charge in [0.15, 0.2) is 0 Å². The van der Waals surface area contributed by atoms with Gasteiger partial charge in [-0.25, -0.2) is 0 Å². The molecule has 0 radical (unpaired) electrons. The first-order valence-electron chi connectivity index (χ1n) is 2.35. The van der Waals surface area contributed by atoms with E-state index in [2.05, 4.69) is 28.2 Å². The van der Waals surface area contributed by atoms with Crippen molar-refractivity contribution in [3.63, 3.8) is 0 Å².